The van der Waals surface area contributed by atoms with Crippen molar-refractivity contribution in [2.24, 2.45) is 11.5 Å². The Morgan fingerprint density at radius 1 is 1.67 bits per heavy atom. The lowest BCUT2D eigenvalue weighted by Crippen LogP contribution is -2.61. The highest BCUT2D eigenvalue weighted by molar-refractivity contribution is 5.96. The zero-order chi connectivity index (χ0) is 11.4. The predicted octanol–water partition coefficient (Wildman–Crippen LogP) is -3.47. The van der Waals surface area contributed by atoms with Crippen LogP contribution in [0.5, 0.6) is 0 Å². The van der Waals surface area contributed by atoms with Gasteiger partial charge < -0.3 is 26.4 Å². The van der Waals surface area contributed by atoms with Crippen LogP contribution in [0, 0.1) is 0 Å². The standard InChI is InChI=1S/C7H13N5O3/c8-5-4(10-3-14)6(15)11-7(9)12(5)1-2-13/h3,7,13H,1-2,8-9H2,(H,10,14)(H,11,15). The van der Waals surface area contributed by atoms with Crippen molar-refractivity contribution in [3.05, 3.63) is 11.5 Å². The van der Waals surface area contributed by atoms with Gasteiger partial charge in [-0.2, -0.15) is 0 Å². The first kappa shape index (κ1) is 11.3. The van der Waals surface area contributed by atoms with E-state index in [2.05, 4.69) is 10.6 Å². The number of nitrogens with zero attached hydrogens (tertiary/aromatic N) is 1. The summed E-state index contributed by atoms with van der Waals surface area (Å²) >= 11 is 0. The van der Waals surface area contributed by atoms with Gasteiger partial charge in [0.1, 0.15) is 11.5 Å². The van der Waals surface area contributed by atoms with Crippen molar-refractivity contribution in [1.29, 1.82) is 0 Å². The fourth-order valence-corrected chi connectivity index (χ4v) is 1.26. The number of hydrogen-bond acceptors (Lipinski definition) is 6. The van der Waals surface area contributed by atoms with Crippen LogP contribution in [0.2, 0.25) is 0 Å². The van der Waals surface area contributed by atoms with Crippen LogP contribution in [0.4, 0.5) is 0 Å². The zero-order valence-electron chi connectivity index (χ0n) is 7.93. The molecule has 1 aliphatic rings. The predicted molar refractivity (Wildman–Crippen MR) is 50.3 cm³/mol. The van der Waals surface area contributed by atoms with Crippen LogP contribution in [0.1, 0.15) is 0 Å². The average molecular weight is 215 g/mol. The molecule has 2 amide bonds. The maximum atomic E-state index is 11.3. The van der Waals surface area contributed by atoms with Gasteiger partial charge in [0, 0.05) is 6.54 Å². The molecule has 84 valence electrons. The fourth-order valence-electron chi connectivity index (χ4n) is 1.26. The topological polar surface area (TPSA) is 134 Å². The molecule has 0 bridgehead atoms. The summed E-state index contributed by atoms with van der Waals surface area (Å²) in [7, 11) is 0. The van der Waals surface area contributed by atoms with Crippen LogP contribution in [-0.2, 0) is 9.59 Å². The van der Waals surface area contributed by atoms with Gasteiger partial charge in [-0.3, -0.25) is 15.3 Å². The molecular formula is C7H13N5O3. The van der Waals surface area contributed by atoms with Crippen molar-refractivity contribution in [3.63, 3.8) is 0 Å². The fraction of sp³-hybridized carbons (Fsp3) is 0.429. The molecule has 0 saturated heterocycles. The van der Waals surface area contributed by atoms with Gasteiger partial charge in [-0.1, -0.05) is 0 Å². The van der Waals surface area contributed by atoms with Gasteiger partial charge >= 0.3 is 0 Å². The lowest BCUT2D eigenvalue weighted by atomic mass is 10.3. The quantitative estimate of drug-likeness (QED) is 0.309. The Kier molecular flexibility index (Phi) is 3.47. The number of nitrogens with two attached hydrogens (primary N) is 2. The Morgan fingerprint density at radius 3 is 2.87 bits per heavy atom. The van der Waals surface area contributed by atoms with E-state index in [-0.39, 0.29) is 24.7 Å². The first-order chi connectivity index (χ1) is 7.11. The van der Waals surface area contributed by atoms with E-state index in [4.69, 9.17) is 16.6 Å². The minimum atomic E-state index is -0.804. The number of nitrogens with one attached hydrogen (secondary N) is 2. The molecule has 0 radical (unpaired) electrons. The summed E-state index contributed by atoms with van der Waals surface area (Å²) in [6.45, 7) is -0.00401. The largest absolute Gasteiger partial charge is 0.395 e. The van der Waals surface area contributed by atoms with E-state index in [1.165, 1.54) is 4.90 Å². The molecule has 0 aromatic carbocycles. The zero-order valence-corrected chi connectivity index (χ0v) is 7.93. The lowest BCUT2D eigenvalue weighted by Gasteiger charge is -2.35. The van der Waals surface area contributed by atoms with Crippen molar-refractivity contribution in [3.8, 4) is 0 Å². The molecule has 1 aliphatic heterocycles. The number of carbonyl (C=O) groups excluding carboxylic acids is 2. The van der Waals surface area contributed by atoms with Crippen LogP contribution in [0.15, 0.2) is 11.5 Å². The first-order valence-corrected chi connectivity index (χ1v) is 4.25. The van der Waals surface area contributed by atoms with E-state index in [1.54, 1.807) is 0 Å². The van der Waals surface area contributed by atoms with Crippen LogP contribution in [-0.4, -0.2) is 41.8 Å². The molecule has 1 rings (SSSR count). The molecule has 1 unspecified atom stereocenters. The van der Waals surface area contributed by atoms with Crippen molar-refractivity contribution in [2.45, 2.75) is 6.29 Å². The van der Waals surface area contributed by atoms with Gasteiger partial charge in [-0.25, -0.2) is 0 Å². The number of amides is 2. The minimum Gasteiger partial charge on any atom is -0.395 e. The van der Waals surface area contributed by atoms with Gasteiger partial charge in [0.2, 0.25) is 6.41 Å². The summed E-state index contributed by atoms with van der Waals surface area (Å²) in [6.07, 6.45) is -0.461. The number of aliphatic hydroxyl groups excluding tert-OH is 1. The van der Waals surface area contributed by atoms with Crippen molar-refractivity contribution in [2.75, 3.05) is 13.2 Å². The summed E-state index contributed by atoms with van der Waals surface area (Å²) in [5.41, 5.74) is 11.1. The molecule has 15 heavy (non-hydrogen) atoms. The monoisotopic (exact) mass is 215 g/mol. The second-order valence-electron chi connectivity index (χ2n) is 2.86. The molecule has 0 aromatic heterocycles. The number of carbonyl (C=O) groups is 2. The van der Waals surface area contributed by atoms with Crippen LogP contribution < -0.4 is 22.1 Å². The van der Waals surface area contributed by atoms with E-state index >= 15 is 0 Å². The SMILES string of the molecule is NC1=C(NC=O)C(=O)NC(N)N1CCO. The van der Waals surface area contributed by atoms with Crippen molar-refractivity contribution in [1.82, 2.24) is 15.5 Å². The normalized spacial score (nSPS) is 21.3. The molecule has 0 aliphatic carbocycles. The third-order valence-electron chi connectivity index (χ3n) is 1.95. The molecule has 1 atom stereocenters. The van der Waals surface area contributed by atoms with E-state index < -0.39 is 12.2 Å². The van der Waals surface area contributed by atoms with Crippen molar-refractivity contribution >= 4 is 12.3 Å². The average Bonchev–Trinajstić information content (AvgIpc) is 2.19. The Bertz CT molecular complexity index is 303. The van der Waals surface area contributed by atoms with Crippen LogP contribution in [0.3, 0.4) is 0 Å². The third-order valence-corrected chi connectivity index (χ3v) is 1.95. The highest BCUT2D eigenvalue weighted by Gasteiger charge is 2.28. The lowest BCUT2D eigenvalue weighted by molar-refractivity contribution is -0.122. The molecule has 7 N–H and O–H groups in total. The smallest absolute Gasteiger partial charge is 0.274 e. The number of hydrogen-bond donors (Lipinski definition) is 5. The highest BCUT2D eigenvalue weighted by atomic mass is 16.3. The molecule has 0 fully saturated rings. The molecule has 0 saturated carbocycles. The molecule has 0 aromatic rings. The summed E-state index contributed by atoms with van der Waals surface area (Å²) in [5.74, 6) is -0.520. The second-order valence-corrected chi connectivity index (χ2v) is 2.86. The summed E-state index contributed by atoms with van der Waals surface area (Å²) < 4.78 is 0. The summed E-state index contributed by atoms with van der Waals surface area (Å²) in [4.78, 5) is 22.9. The van der Waals surface area contributed by atoms with Gasteiger partial charge in [0.15, 0.2) is 6.29 Å². The maximum absolute atomic E-state index is 11.3. The van der Waals surface area contributed by atoms with Crippen LogP contribution >= 0.6 is 0 Å². The van der Waals surface area contributed by atoms with E-state index in [1.807, 2.05) is 0 Å². The Balaban J connectivity index is 2.97. The second kappa shape index (κ2) is 4.62. The van der Waals surface area contributed by atoms with E-state index in [0.29, 0.717) is 6.41 Å². The number of β-amino-alcohol motifs (C(OH)–C–C–N with tert-alkyl or cyclic N) is 1. The Hall–Kier alpha value is -1.80. The first-order valence-electron chi connectivity index (χ1n) is 4.25. The highest BCUT2D eigenvalue weighted by Crippen LogP contribution is 2.09. The molecule has 0 spiro atoms. The molecule has 8 heteroatoms. The number of aliphatic hydroxyl groups is 1. The van der Waals surface area contributed by atoms with Crippen LogP contribution in [0.25, 0.3) is 0 Å². The maximum Gasteiger partial charge on any atom is 0.274 e. The van der Waals surface area contributed by atoms with Gasteiger partial charge in [0.25, 0.3) is 5.91 Å². The third kappa shape index (κ3) is 2.17. The van der Waals surface area contributed by atoms with Gasteiger partial charge in [0.05, 0.1) is 6.61 Å². The molecule has 8 nitrogen and oxygen atoms in total. The van der Waals surface area contributed by atoms with E-state index in [0.717, 1.165) is 0 Å². The Morgan fingerprint density at radius 2 is 2.33 bits per heavy atom. The van der Waals surface area contributed by atoms with Gasteiger partial charge in [-0.15, -0.1) is 0 Å². The molecular weight excluding hydrogens is 202 g/mol. The number of rotatable bonds is 4. The minimum absolute atomic E-state index is 0.0346. The molecule has 1 heterocycles. The Labute approximate surface area is 85.9 Å². The van der Waals surface area contributed by atoms with Gasteiger partial charge in [-0.05, 0) is 0 Å². The summed E-state index contributed by atoms with van der Waals surface area (Å²) in [5, 5.41) is 13.3. The summed E-state index contributed by atoms with van der Waals surface area (Å²) in [6, 6.07) is 0. The van der Waals surface area contributed by atoms with Crippen molar-refractivity contribution < 1.29 is 14.7 Å². The van der Waals surface area contributed by atoms with E-state index in [9.17, 15) is 9.59 Å².